The predicted octanol–water partition coefficient (Wildman–Crippen LogP) is 2.36. The highest BCUT2D eigenvalue weighted by Crippen LogP contribution is 2.34. The number of carbonyl (C=O) groups excluding carboxylic acids is 1. The van der Waals surface area contributed by atoms with E-state index in [2.05, 4.69) is 16.0 Å². The summed E-state index contributed by atoms with van der Waals surface area (Å²) in [5, 5.41) is 9.08. The number of carbonyl (C=O) groups is 1. The van der Waals surface area contributed by atoms with Crippen LogP contribution in [0, 0.1) is 0 Å². The van der Waals surface area contributed by atoms with Crippen LogP contribution in [0.3, 0.4) is 0 Å². The van der Waals surface area contributed by atoms with Crippen molar-refractivity contribution < 1.29 is 4.79 Å². The van der Waals surface area contributed by atoms with Gasteiger partial charge >= 0.3 is 0 Å². The van der Waals surface area contributed by atoms with Gasteiger partial charge in [0.05, 0.1) is 17.1 Å². The Morgan fingerprint density at radius 1 is 1.19 bits per heavy atom. The molecule has 4 nitrogen and oxygen atoms in total. The number of aldehydes is 1. The first-order chi connectivity index (χ1) is 7.73. The third-order valence-electron chi connectivity index (χ3n) is 2.52. The molecule has 3 N–H and O–H groups in total. The van der Waals surface area contributed by atoms with Gasteiger partial charge in [-0.05, 0) is 6.07 Å². The minimum atomic E-state index is 0.344. The van der Waals surface area contributed by atoms with Gasteiger partial charge in [-0.15, -0.1) is 11.6 Å². The number of rotatable bonds is 5. The van der Waals surface area contributed by atoms with E-state index < -0.39 is 0 Å². The summed E-state index contributed by atoms with van der Waals surface area (Å²) in [5.41, 5.74) is 3.94. The summed E-state index contributed by atoms with van der Waals surface area (Å²) >= 11 is 5.90. The van der Waals surface area contributed by atoms with Crippen molar-refractivity contribution in [3.63, 3.8) is 0 Å². The fourth-order valence-electron chi connectivity index (χ4n) is 1.72. The van der Waals surface area contributed by atoms with E-state index in [-0.39, 0.29) is 0 Å². The molecule has 0 fully saturated rings. The molecule has 1 aromatic rings. The summed E-state index contributed by atoms with van der Waals surface area (Å²) in [4.78, 5) is 11.1. The topological polar surface area (TPSA) is 53.2 Å². The molecule has 0 aliphatic heterocycles. The third kappa shape index (κ3) is 2.07. The lowest BCUT2D eigenvalue weighted by Gasteiger charge is -2.18. The molecule has 0 saturated carbocycles. The number of benzene rings is 1. The number of anilines is 3. The molecule has 0 saturated heterocycles. The molecule has 0 atom stereocenters. The highest BCUT2D eigenvalue weighted by molar-refractivity contribution is 6.18. The Bertz CT molecular complexity index is 393. The van der Waals surface area contributed by atoms with Gasteiger partial charge in [0.15, 0.2) is 6.29 Å². The first kappa shape index (κ1) is 12.6. The van der Waals surface area contributed by atoms with Gasteiger partial charge in [-0.2, -0.15) is 0 Å². The fraction of sp³-hybridized carbons (Fsp3) is 0.364. The molecule has 0 aliphatic rings. The van der Waals surface area contributed by atoms with E-state index in [9.17, 15) is 4.79 Å². The van der Waals surface area contributed by atoms with E-state index in [1.807, 2.05) is 13.1 Å². The van der Waals surface area contributed by atoms with Crippen LogP contribution in [-0.2, 0) is 5.88 Å². The van der Waals surface area contributed by atoms with Crippen molar-refractivity contribution in [2.45, 2.75) is 5.88 Å². The highest BCUT2D eigenvalue weighted by Gasteiger charge is 2.15. The molecule has 88 valence electrons. The molecule has 0 amide bonds. The van der Waals surface area contributed by atoms with Crippen molar-refractivity contribution in [2.75, 3.05) is 37.1 Å². The predicted molar refractivity (Wildman–Crippen MR) is 70.0 cm³/mol. The number of alkyl halides is 1. The van der Waals surface area contributed by atoms with Crippen LogP contribution in [-0.4, -0.2) is 27.4 Å². The lowest BCUT2D eigenvalue weighted by atomic mass is 10.0. The van der Waals surface area contributed by atoms with Gasteiger partial charge in [0.2, 0.25) is 0 Å². The monoisotopic (exact) mass is 241 g/mol. The van der Waals surface area contributed by atoms with Gasteiger partial charge in [0.1, 0.15) is 0 Å². The van der Waals surface area contributed by atoms with Gasteiger partial charge in [-0.25, -0.2) is 0 Å². The largest absolute Gasteiger partial charge is 0.388 e. The Morgan fingerprint density at radius 3 is 2.19 bits per heavy atom. The SMILES string of the molecule is CNc1cc(NC)c(CCl)c(NC)c1C=O. The minimum absolute atomic E-state index is 0.344. The molecule has 0 radical (unpaired) electrons. The Balaban J connectivity index is 3.54. The van der Waals surface area contributed by atoms with E-state index in [1.54, 1.807) is 14.1 Å². The van der Waals surface area contributed by atoms with Crippen molar-refractivity contribution in [2.24, 2.45) is 0 Å². The first-order valence-electron chi connectivity index (χ1n) is 4.97. The molecule has 5 heteroatoms. The van der Waals surface area contributed by atoms with Crippen LogP contribution in [0.4, 0.5) is 17.1 Å². The fourth-order valence-corrected chi connectivity index (χ4v) is 2.00. The zero-order chi connectivity index (χ0) is 12.1. The smallest absolute Gasteiger partial charge is 0.154 e. The van der Waals surface area contributed by atoms with Crippen molar-refractivity contribution in [3.05, 3.63) is 17.2 Å². The standard InChI is InChI=1S/C11H16ClN3O/c1-13-9-4-10(14-2)8(6-16)11(15-3)7(9)5-12/h4,6,13-15H,5H2,1-3H3. The van der Waals surface area contributed by atoms with Crippen LogP contribution in [0.1, 0.15) is 15.9 Å². The van der Waals surface area contributed by atoms with Crippen molar-refractivity contribution in [1.82, 2.24) is 0 Å². The Morgan fingerprint density at radius 2 is 1.81 bits per heavy atom. The van der Waals surface area contributed by atoms with E-state index in [4.69, 9.17) is 11.6 Å². The maximum atomic E-state index is 11.1. The molecule has 0 aromatic heterocycles. The molecular weight excluding hydrogens is 226 g/mol. The normalized spacial score (nSPS) is 9.75. The molecule has 0 bridgehead atoms. The van der Waals surface area contributed by atoms with E-state index in [1.165, 1.54) is 0 Å². The van der Waals surface area contributed by atoms with Gasteiger partial charge in [0, 0.05) is 38.1 Å². The zero-order valence-corrected chi connectivity index (χ0v) is 10.4. The molecule has 0 unspecified atom stereocenters. The maximum absolute atomic E-state index is 11.1. The van der Waals surface area contributed by atoms with Crippen LogP contribution in [0.5, 0.6) is 0 Å². The van der Waals surface area contributed by atoms with Crippen LogP contribution < -0.4 is 16.0 Å². The Kier molecular flexibility index (Phi) is 4.43. The zero-order valence-electron chi connectivity index (χ0n) is 9.65. The van der Waals surface area contributed by atoms with Gasteiger partial charge in [0.25, 0.3) is 0 Å². The van der Waals surface area contributed by atoms with Gasteiger partial charge in [-0.3, -0.25) is 4.79 Å². The first-order valence-corrected chi connectivity index (χ1v) is 5.51. The molecule has 0 spiro atoms. The summed E-state index contributed by atoms with van der Waals surface area (Å²) in [6, 6.07) is 1.88. The van der Waals surface area contributed by atoms with Gasteiger partial charge < -0.3 is 16.0 Å². The van der Waals surface area contributed by atoms with E-state index in [0.29, 0.717) is 11.4 Å². The Hall–Kier alpha value is -1.42. The lowest BCUT2D eigenvalue weighted by molar-refractivity contribution is 0.112. The van der Waals surface area contributed by atoms with Gasteiger partial charge in [-0.1, -0.05) is 0 Å². The highest BCUT2D eigenvalue weighted by atomic mass is 35.5. The second-order valence-corrected chi connectivity index (χ2v) is 3.51. The molecule has 16 heavy (non-hydrogen) atoms. The maximum Gasteiger partial charge on any atom is 0.154 e. The van der Waals surface area contributed by atoms with Crippen LogP contribution >= 0.6 is 11.6 Å². The molecule has 1 aromatic carbocycles. The Labute approximate surface area is 100 Å². The number of hydrogen-bond acceptors (Lipinski definition) is 4. The average molecular weight is 242 g/mol. The van der Waals surface area contributed by atoms with Crippen LogP contribution in [0.15, 0.2) is 6.07 Å². The number of halogens is 1. The average Bonchev–Trinajstić information content (AvgIpc) is 2.35. The van der Waals surface area contributed by atoms with Crippen LogP contribution in [0.2, 0.25) is 0 Å². The molecular formula is C11H16ClN3O. The summed E-state index contributed by atoms with van der Waals surface area (Å²) in [7, 11) is 5.38. The second-order valence-electron chi connectivity index (χ2n) is 3.24. The van der Waals surface area contributed by atoms with E-state index >= 15 is 0 Å². The summed E-state index contributed by atoms with van der Waals surface area (Å²) in [5.74, 6) is 0.344. The lowest BCUT2D eigenvalue weighted by Crippen LogP contribution is -2.06. The third-order valence-corrected chi connectivity index (χ3v) is 2.78. The number of hydrogen-bond donors (Lipinski definition) is 3. The molecule has 1 rings (SSSR count). The van der Waals surface area contributed by atoms with Crippen molar-refractivity contribution in [3.8, 4) is 0 Å². The van der Waals surface area contributed by atoms with E-state index in [0.717, 1.165) is 28.9 Å². The molecule has 0 aliphatic carbocycles. The second kappa shape index (κ2) is 5.61. The quantitative estimate of drug-likeness (QED) is 0.547. The summed E-state index contributed by atoms with van der Waals surface area (Å²) in [6.45, 7) is 0. The van der Waals surface area contributed by atoms with Crippen molar-refractivity contribution >= 4 is 34.9 Å². The summed E-state index contributed by atoms with van der Waals surface area (Å²) < 4.78 is 0. The van der Waals surface area contributed by atoms with Crippen molar-refractivity contribution in [1.29, 1.82) is 0 Å². The summed E-state index contributed by atoms with van der Waals surface area (Å²) in [6.07, 6.45) is 0.827. The molecule has 0 heterocycles. The number of nitrogens with one attached hydrogen (secondary N) is 3. The minimum Gasteiger partial charge on any atom is -0.388 e. The van der Waals surface area contributed by atoms with Crippen LogP contribution in [0.25, 0.3) is 0 Å².